The summed E-state index contributed by atoms with van der Waals surface area (Å²) in [5.41, 5.74) is 20.2. The van der Waals surface area contributed by atoms with Gasteiger partial charge < -0.3 is 14.0 Å². The molecule has 0 amide bonds. The first-order chi connectivity index (χ1) is 30.0. The molecule has 0 spiro atoms. The van der Waals surface area contributed by atoms with Crippen molar-refractivity contribution in [3.8, 4) is 50.6 Å². The van der Waals surface area contributed by atoms with E-state index < -0.39 is 0 Å². The van der Waals surface area contributed by atoms with Gasteiger partial charge in [-0.05, 0) is 101 Å². The van der Waals surface area contributed by atoms with Crippen LogP contribution in [0.15, 0.2) is 156 Å². The quantitative estimate of drug-likeness (QED) is 0.149. The van der Waals surface area contributed by atoms with Crippen LogP contribution in [0.25, 0.3) is 83.6 Å². The van der Waals surface area contributed by atoms with Crippen molar-refractivity contribution in [1.29, 1.82) is 0 Å². The topological polar surface area (TPSA) is 43.9 Å². The van der Waals surface area contributed by atoms with E-state index in [1.807, 2.05) is 24.4 Å². The Bertz CT molecular complexity index is 3180. The van der Waals surface area contributed by atoms with E-state index in [1.165, 1.54) is 55.8 Å². The minimum absolute atomic E-state index is 0. The molecule has 63 heavy (non-hydrogen) atoms. The van der Waals surface area contributed by atoms with Crippen molar-refractivity contribution in [2.75, 3.05) is 0 Å². The molecule has 5 heteroatoms. The van der Waals surface area contributed by atoms with E-state index in [0.29, 0.717) is 0 Å². The molecule has 10 rings (SSSR count). The fourth-order valence-electron chi connectivity index (χ4n) is 8.42. The molecule has 10 aromatic rings. The van der Waals surface area contributed by atoms with Crippen molar-refractivity contribution in [2.24, 2.45) is 0 Å². The van der Waals surface area contributed by atoms with Crippen LogP contribution in [0.1, 0.15) is 72.9 Å². The van der Waals surface area contributed by atoms with Gasteiger partial charge in [0.25, 0.3) is 0 Å². The fraction of sp³-hybridized carbons (Fsp3) is 0.172. The van der Waals surface area contributed by atoms with Crippen LogP contribution in [-0.2, 0) is 20.1 Å². The third kappa shape index (κ3) is 8.44. The molecule has 0 bridgehead atoms. The minimum atomic E-state index is 0. The number of nitrogens with zero attached hydrogens (tertiary/aromatic N) is 3. The monoisotopic (exact) mass is 998 g/mol. The average molecular weight is 998 g/mol. The van der Waals surface area contributed by atoms with Crippen LogP contribution in [0, 0.1) is 39.8 Å². The van der Waals surface area contributed by atoms with Crippen LogP contribution in [0.4, 0.5) is 0 Å². The second-order valence-electron chi connectivity index (χ2n) is 17.1. The Morgan fingerprint density at radius 3 is 1.89 bits per heavy atom. The number of fused-ring (bicyclic) bond motifs is 4. The van der Waals surface area contributed by atoms with Gasteiger partial charge in [-0.1, -0.05) is 149 Å². The maximum absolute atomic E-state index is 6.60. The first-order valence-electron chi connectivity index (χ1n) is 21.6. The summed E-state index contributed by atoms with van der Waals surface area (Å²) in [5, 5.41) is 2.24. The molecule has 4 nitrogen and oxygen atoms in total. The molecule has 3 heterocycles. The molecule has 1 radical (unpaired) electrons. The molecule has 0 unspecified atom stereocenters. The van der Waals surface area contributed by atoms with Crippen molar-refractivity contribution in [3.05, 3.63) is 197 Å². The third-order valence-corrected chi connectivity index (χ3v) is 12.0. The predicted octanol–water partition coefficient (Wildman–Crippen LogP) is 15.8. The molecule has 7 aromatic carbocycles. The summed E-state index contributed by atoms with van der Waals surface area (Å²) < 4.78 is 8.97. The molecule has 0 aliphatic rings. The van der Waals surface area contributed by atoms with Crippen LogP contribution in [0.3, 0.4) is 0 Å². The second-order valence-corrected chi connectivity index (χ2v) is 17.1. The predicted molar refractivity (Wildman–Crippen MR) is 259 cm³/mol. The zero-order valence-corrected chi connectivity index (χ0v) is 39.6. The molecule has 0 aliphatic carbocycles. The Labute approximate surface area is 385 Å². The largest absolute Gasteiger partial charge is 0.501 e. The fourth-order valence-corrected chi connectivity index (χ4v) is 8.42. The van der Waals surface area contributed by atoms with E-state index in [9.17, 15) is 0 Å². The average Bonchev–Trinajstić information content (AvgIpc) is 3.88. The van der Waals surface area contributed by atoms with Crippen LogP contribution < -0.4 is 0 Å². The van der Waals surface area contributed by atoms with Gasteiger partial charge in [0.05, 0.1) is 22.4 Å². The number of imidazole rings is 1. The van der Waals surface area contributed by atoms with Gasteiger partial charge >= 0.3 is 0 Å². The van der Waals surface area contributed by atoms with E-state index in [-0.39, 0.29) is 31.9 Å². The van der Waals surface area contributed by atoms with Gasteiger partial charge in [-0.2, -0.15) is 0 Å². The van der Waals surface area contributed by atoms with E-state index in [1.54, 1.807) is 0 Å². The van der Waals surface area contributed by atoms with Crippen LogP contribution in [-0.4, -0.2) is 14.5 Å². The number of aromatic nitrogens is 3. The van der Waals surface area contributed by atoms with Crippen molar-refractivity contribution in [1.82, 2.24) is 14.5 Å². The molecule has 0 aliphatic heterocycles. The number of rotatable bonds is 7. The SMILES string of the molecule is Cc1c[c-]c(-c2cc(C)c(C)cn2)cc1.Cc1c[c-]c(-c2nc3ccccc3n2-c2c(C(C)C)cc(-c3ccc(-c4ccccc4)cc3)cc2C(C)C)c2oc3ccccc3c12.[Ir]. The first kappa shape index (κ1) is 43.3. The molecular weight excluding hydrogens is 947 g/mol. The maximum atomic E-state index is 6.60. The summed E-state index contributed by atoms with van der Waals surface area (Å²) in [4.78, 5) is 9.71. The molecule has 315 valence electrons. The van der Waals surface area contributed by atoms with E-state index in [0.717, 1.165) is 61.2 Å². The summed E-state index contributed by atoms with van der Waals surface area (Å²) >= 11 is 0. The van der Waals surface area contributed by atoms with E-state index in [2.05, 4.69) is 204 Å². The molecule has 0 N–H and O–H groups in total. The summed E-state index contributed by atoms with van der Waals surface area (Å²) in [5.74, 6) is 1.39. The van der Waals surface area contributed by atoms with Gasteiger partial charge in [0.15, 0.2) is 0 Å². The van der Waals surface area contributed by atoms with Crippen LogP contribution in [0.2, 0.25) is 0 Å². The zero-order valence-electron chi connectivity index (χ0n) is 37.2. The van der Waals surface area contributed by atoms with Gasteiger partial charge in [-0.3, -0.25) is 4.98 Å². The summed E-state index contributed by atoms with van der Waals surface area (Å²) in [7, 11) is 0. The summed E-state index contributed by atoms with van der Waals surface area (Å²) in [6, 6.07) is 58.2. The number of furan rings is 1. The summed E-state index contributed by atoms with van der Waals surface area (Å²) in [6.45, 7) is 17.5. The zero-order chi connectivity index (χ0) is 43.1. The number of hydrogen-bond donors (Lipinski definition) is 0. The number of pyridine rings is 1. The standard InChI is InChI=1S/C44H37N2O.C14H14N.Ir/c1-27(2)36-25-33(32-22-20-31(21-23-32)30-13-7-6-8-14-30)26-37(28(3)4)42(36)46-39-17-11-10-16-38(39)45-44(46)35-24-19-29(5)41-34-15-9-12-18-40(34)47-43(35)41;1-10-4-6-13(7-5-10)14-8-11(2)12(3)9-15-14;/h6-23,25-28H,1-5H3;4-6,8-9H,1-3H3;/q2*-1;. The van der Waals surface area contributed by atoms with E-state index in [4.69, 9.17) is 9.40 Å². The molecule has 0 saturated heterocycles. The number of para-hydroxylation sites is 3. The summed E-state index contributed by atoms with van der Waals surface area (Å²) in [6.07, 6.45) is 1.92. The molecule has 0 fully saturated rings. The molecular formula is C58H51IrN3O-2. The van der Waals surface area contributed by atoms with Gasteiger partial charge in [0.2, 0.25) is 0 Å². The first-order valence-corrected chi connectivity index (χ1v) is 21.6. The minimum Gasteiger partial charge on any atom is -0.501 e. The number of aryl methyl sites for hydroxylation is 4. The number of benzene rings is 7. The van der Waals surface area contributed by atoms with Crippen LogP contribution >= 0.6 is 0 Å². The normalized spacial score (nSPS) is 11.3. The smallest absolute Gasteiger partial charge is 0.120 e. The Kier molecular flexibility index (Phi) is 12.5. The van der Waals surface area contributed by atoms with Crippen molar-refractivity contribution in [2.45, 2.75) is 67.2 Å². The van der Waals surface area contributed by atoms with Gasteiger partial charge in [-0.25, -0.2) is 0 Å². The second kappa shape index (κ2) is 18.1. The Balaban J connectivity index is 0.000000288. The van der Waals surface area contributed by atoms with Gasteiger partial charge in [-0.15, -0.1) is 53.1 Å². The Hall–Kier alpha value is -6.39. The molecule has 0 saturated carbocycles. The maximum Gasteiger partial charge on any atom is 0.120 e. The molecule has 0 atom stereocenters. The molecule has 3 aromatic heterocycles. The van der Waals surface area contributed by atoms with Gasteiger partial charge in [0.1, 0.15) is 5.58 Å². The van der Waals surface area contributed by atoms with Crippen molar-refractivity contribution < 1.29 is 24.5 Å². The van der Waals surface area contributed by atoms with Crippen LogP contribution in [0.5, 0.6) is 0 Å². The van der Waals surface area contributed by atoms with Crippen molar-refractivity contribution >= 4 is 33.0 Å². The van der Waals surface area contributed by atoms with Gasteiger partial charge in [0, 0.05) is 37.4 Å². The number of hydrogen-bond acceptors (Lipinski definition) is 3. The Morgan fingerprint density at radius 1 is 0.587 bits per heavy atom. The van der Waals surface area contributed by atoms with Crippen molar-refractivity contribution in [3.63, 3.8) is 0 Å². The Morgan fingerprint density at radius 2 is 1.22 bits per heavy atom. The van der Waals surface area contributed by atoms with E-state index >= 15 is 0 Å². The third-order valence-electron chi connectivity index (χ3n) is 12.0.